The minimum Gasteiger partial charge on any atom is -0.390 e. The number of amides is 1. The molecule has 1 amide bonds. The molecule has 0 aliphatic rings. The molecule has 0 atom stereocenters. The fourth-order valence-electron chi connectivity index (χ4n) is 1.57. The number of carbonyl (C=O) groups is 1. The van der Waals surface area contributed by atoms with Crippen LogP contribution in [0, 0.1) is 11.7 Å². The molecule has 2 heterocycles. The largest absolute Gasteiger partial charge is 0.390 e. The zero-order valence-electron chi connectivity index (χ0n) is 11.2. The molecular weight excluding hydrogens is 263 g/mol. The summed E-state index contributed by atoms with van der Waals surface area (Å²) in [6.07, 6.45) is 4.04. The third kappa shape index (κ3) is 3.00. The molecule has 0 bridgehead atoms. The van der Waals surface area contributed by atoms with E-state index in [0.717, 1.165) is 6.20 Å². The minimum absolute atomic E-state index is 0.184. The second-order valence-corrected chi connectivity index (χ2v) is 4.60. The van der Waals surface area contributed by atoms with Gasteiger partial charge in [0.25, 0.3) is 0 Å². The number of halogens is 1. The first kappa shape index (κ1) is 14.1. The van der Waals surface area contributed by atoms with Crippen LogP contribution in [0.2, 0.25) is 0 Å². The average molecular weight is 278 g/mol. The van der Waals surface area contributed by atoms with E-state index in [9.17, 15) is 14.3 Å². The van der Waals surface area contributed by atoms with Gasteiger partial charge in [0.2, 0.25) is 5.91 Å². The van der Waals surface area contributed by atoms with Gasteiger partial charge in [-0.3, -0.25) is 9.78 Å². The number of hydrogen-bond donors (Lipinski definition) is 2. The fraction of sp³-hybridized carbons (Fsp3) is 0.308. The van der Waals surface area contributed by atoms with E-state index >= 15 is 0 Å². The summed E-state index contributed by atoms with van der Waals surface area (Å²) in [7, 11) is 0. The molecule has 2 N–H and O–H groups in total. The molecule has 20 heavy (non-hydrogen) atoms. The van der Waals surface area contributed by atoms with Gasteiger partial charge >= 0.3 is 0 Å². The van der Waals surface area contributed by atoms with Crippen molar-refractivity contribution in [1.82, 2.24) is 14.8 Å². The van der Waals surface area contributed by atoms with E-state index in [1.807, 2.05) is 0 Å². The SMILES string of the molecule is CC(C)C(=O)Nc1cn(-c2cncc(F)c2)nc1CO. The Balaban J connectivity index is 2.33. The van der Waals surface area contributed by atoms with Gasteiger partial charge in [-0.25, -0.2) is 9.07 Å². The third-order valence-corrected chi connectivity index (χ3v) is 2.68. The average Bonchev–Trinajstić information content (AvgIpc) is 2.81. The van der Waals surface area contributed by atoms with E-state index in [-0.39, 0.29) is 18.4 Å². The molecule has 0 aromatic carbocycles. The molecule has 0 aliphatic heterocycles. The molecule has 0 fully saturated rings. The number of pyridine rings is 1. The van der Waals surface area contributed by atoms with Gasteiger partial charge in [-0.05, 0) is 0 Å². The first-order valence-electron chi connectivity index (χ1n) is 6.12. The van der Waals surface area contributed by atoms with Crippen molar-refractivity contribution in [2.45, 2.75) is 20.5 Å². The summed E-state index contributed by atoms with van der Waals surface area (Å²) >= 11 is 0. The molecular formula is C13H15FN4O2. The predicted molar refractivity (Wildman–Crippen MR) is 70.7 cm³/mol. The lowest BCUT2D eigenvalue weighted by Crippen LogP contribution is -2.18. The first-order valence-corrected chi connectivity index (χ1v) is 6.12. The van der Waals surface area contributed by atoms with Gasteiger partial charge in [-0.2, -0.15) is 5.10 Å². The molecule has 106 valence electrons. The summed E-state index contributed by atoms with van der Waals surface area (Å²) in [5, 5.41) is 16.0. The van der Waals surface area contributed by atoms with Crippen LogP contribution in [0.4, 0.5) is 10.1 Å². The molecule has 2 aromatic rings. The number of aliphatic hydroxyl groups is 1. The monoisotopic (exact) mass is 278 g/mol. The zero-order valence-corrected chi connectivity index (χ0v) is 11.2. The van der Waals surface area contributed by atoms with Crippen molar-refractivity contribution in [2.24, 2.45) is 5.92 Å². The Kier molecular flexibility index (Phi) is 4.09. The van der Waals surface area contributed by atoms with E-state index in [4.69, 9.17) is 0 Å². The molecule has 6 nitrogen and oxygen atoms in total. The summed E-state index contributed by atoms with van der Waals surface area (Å²) in [5.41, 5.74) is 1.11. The maximum absolute atomic E-state index is 13.1. The lowest BCUT2D eigenvalue weighted by atomic mass is 10.2. The standard InChI is InChI=1S/C13H15FN4O2/c1-8(2)13(20)16-11-6-18(17-12(11)7-19)10-3-9(14)4-15-5-10/h3-6,8,19H,7H2,1-2H3,(H,16,20). The van der Waals surface area contributed by atoms with Gasteiger partial charge in [0.1, 0.15) is 11.5 Å². The zero-order chi connectivity index (χ0) is 14.7. The van der Waals surface area contributed by atoms with E-state index < -0.39 is 5.82 Å². The fourth-order valence-corrected chi connectivity index (χ4v) is 1.57. The molecule has 0 radical (unpaired) electrons. The van der Waals surface area contributed by atoms with E-state index in [1.165, 1.54) is 23.1 Å². The quantitative estimate of drug-likeness (QED) is 0.888. The van der Waals surface area contributed by atoms with Crippen molar-refractivity contribution < 1.29 is 14.3 Å². The number of anilines is 1. The van der Waals surface area contributed by atoms with Crippen LogP contribution in [-0.2, 0) is 11.4 Å². The van der Waals surface area contributed by atoms with Crippen LogP contribution >= 0.6 is 0 Å². The number of nitrogens with one attached hydrogen (secondary N) is 1. The van der Waals surface area contributed by atoms with E-state index in [0.29, 0.717) is 17.1 Å². The molecule has 0 unspecified atom stereocenters. The van der Waals surface area contributed by atoms with Gasteiger partial charge < -0.3 is 10.4 Å². The minimum atomic E-state index is -0.490. The van der Waals surface area contributed by atoms with Crippen molar-refractivity contribution in [3.8, 4) is 5.69 Å². The van der Waals surface area contributed by atoms with Crippen LogP contribution in [0.1, 0.15) is 19.5 Å². The topological polar surface area (TPSA) is 80.0 Å². The van der Waals surface area contributed by atoms with Crippen LogP contribution in [0.15, 0.2) is 24.7 Å². The second-order valence-electron chi connectivity index (χ2n) is 4.60. The van der Waals surface area contributed by atoms with Gasteiger partial charge in [-0.15, -0.1) is 0 Å². The Hall–Kier alpha value is -2.28. The molecule has 0 saturated carbocycles. The Morgan fingerprint density at radius 1 is 1.50 bits per heavy atom. The van der Waals surface area contributed by atoms with Crippen molar-refractivity contribution >= 4 is 11.6 Å². The number of hydrogen-bond acceptors (Lipinski definition) is 4. The number of aliphatic hydroxyl groups excluding tert-OH is 1. The van der Waals surface area contributed by atoms with Crippen LogP contribution in [-0.4, -0.2) is 25.8 Å². The van der Waals surface area contributed by atoms with Crippen LogP contribution < -0.4 is 5.32 Å². The highest BCUT2D eigenvalue weighted by atomic mass is 19.1. The number of nitrogens with zero attached hydrogens (tertiary/aromatic N) is 3. The van der Waals surface area contributed by atoms with Crippen molar-refractivity contribution in [3.05, 3.63) is 36.2 Å². The number of rotatable bonds is 4. The summed E-state index contributed by atoms with van der Waals surface area (Å²) in [4.78, 5) is 15.4. The van der Waals surface area contributed by atoms with Crippen molar-refractivity contribution in [1.29, 1.82) is 0 Å². The van der Waals surface area contributed by atoms with E-state index in [1.54, 1.807) is 13.8 Å². The lowest BCUT2D eigenvalue weighted by molar-refractivity contribution is -0.118. The number of carbonyl (C=O) groups excluding carboxylic acids is 1. The Bertz CT molecular complexity index is 625. The van der Waals surface area contributed by atoms with Gasteiger partial charge in [0, 0.05) is 12.0 Å². The lowest BCUT2D eigenvalue weighted by Gasteiger charge is -2.05. The molecule has 0 saturated heterocycles. The molecule has 2 aromatic heterocycles. The van der Waals surface area contributed by atoms with Crippen LogP contribution in [0.5, 0.6) is 0 Å². The van der Waals surface area contributed by atoms with Crippen molar-refractivity contribution in [3.63, 3.8) is 0 Å². The maximum Gasteiger partial charge on any atom is 0.227 e. The Morgan fingerprint density at radius 3 is 2.85 bits per heavy atom. The molecule has 0 spiro atoms. The Labute approximate surface area is 115 Å². The Morgan fingerprint density at radius 2 is 2.25 bits per heavy atom. The number of aromatic nitrogens is 3. The van der Waals surface area contributed by atoms with Crippen molar-refractivity contribution in [2.75, 3.05) is 5.32 Å². The van der Waals surface area contributed by atoms with Crippen LogP contribution in [0.3, 0.4) is 0 Å². The highest BCUT2D eigenvalue weighted by Crippen LogP contribution is 2.18. The maximum atomic E-state index is 13.1. The van der Waals surface area contributed by atoms with Gasteiger partial charge in [0.05, 0.1) is 36.6 Å². The van der Waals surface area contributed by atoms with Crippen LogP contribution in [0.25, 0.3) is 5.69 Å². The predicted octanol–water partition coefficient (Wildman–Crippen LogP) is 1.49. The van der Waals surface area contributed by atoms with Gasteiger partial charge in [0.15, 0.2) is 0 Å². The third-order valence-electron chi connectivity index (χ3n) is 2.68. The van der Waals surface area contributed by atoms with Gasteiger partial charge in [-0.1, -0.05) is 13.8 Å². The highest BCUT2D eigenvalue weighted by molar-refractivity contribution is 5.92. The summed E-state index contributed by atoms with van der Waals surface area (Å²) in [6.45, 7) is 3.19. The normalized spacial score (nSPS) is 10.8. The molecule has 2 rings (SSSR count). The molecule has 7 heteroatoms. The summed E-state index contributed by atoms with van der Waals surface area (Å²) in [6, 6.07) is 1.26. The molecule has 0 aliphatic carbocycles. The summed E-state index contributed by atoms with van der Waals surface area (Å²) < 4.78 is 14.5. The van der Waals surface area contributed by atoms with E-state index in [2.05, 4.69) is 15.4 Å². The smallest absolute Gasteiger partial charge is 0.227 e. The second kappa shape index (κ2) is 5.79. The first-order chi connectivity index (χ1) is 9.51. The summed E-state index contributed by atoms with van der Waals surface area (Å²) in [5.74, 6) is -0.867. The highest BCUT2D eigenvalue weighted by Gasteiger charge is 2.14.